The Balaban J connectivity index is 1.83. The lowest BCUT2D eigenvalue weighted by molar-refractivity contribution is 0.0762. The average molecular weight is 441 g/mol. The van der Waals surface area contributed by atoms with Gasteiger partial charge in [-0.3, -0.25) is 9.52 Å². The molecule has 8 heteroatoms. The van der Waals surface area contributed by atoms with Gasteiger partial charge in [0.2, 0.25) is 10.0 Å². The molecule has 5 nitrogen and oxygen atoms in total. The highest BCUT2D eigenvalue weighted by Crippen LogP contribution is 2.28. The number of rotatable bonds is 5. The second-order valence-electron chi connectivity index (χ2n) is 6.81. The fraction of sp³-hybridized carbons (Fsp3) is 0.350. The van der Waals surface area contributed by atoms with Crippen LogP contribution in [0.25, 0.3) is 0 Å². The number of carbonyl (C=O) groups is 1. The molecule has 0 aliphatic carbocycles. The lowest BCUT2D eigenvalue weighted by atomic mass is 10.1. The standard InChI is InChI=1S/C20H22Cl2N2O3S/c21-17-9-7-10-18(22)16(17)14-28(26,27)23-19-11-4-3-8-15(19)20(25)24-12-5-1-2-6-13-24/h3-4,7-11,23H,1-2,5-6,12-14H2. The molecular formula is C20H22Cl2N2O3S. The Morgan fingerprint density at radius 1 is 0.929 bits per heavy atom. The molecule has 1 saturated heterocycles. The maximum atomic E-state index is 13.0. The molecule has 1 amide bonds. The van der Waals surface area contributed by atoms with Crippen molar-refractivity contribution in [1.29, 1.82) is 0 Å². The zero-order valence-corrected chi connectivity index (χ0v) is 17.7. The maximum Gasteiger partial charge on any atom is 0.255 e. The second-order valence-corrected chi connectivity index (χ2v) is 9.35. The van der Waals surface area contributed by atoms with E-state index in [0.717, 1.165) is 25.7 Å². The molecule has 0 aromatic heterocycles. The summed E-state index contributed by atoms with van der Waals surface area (Å²) in [5, 5.41) is 0.568. The van der Waals surface area contributed by atoms with E-state index in [-0.39, 0.29) is 27.4 Å². The van der Waals surface area contributed by atoms with Gasteiger partial charge < -0.3 is 4.90 Å². The maximum absolute atomic E-state index is 13.0. The first kappa shape index (κ1) is 21.0. The van der Waals surface area contributed by atoms with Gasteiger partial charge in [-0.25, -0.2) is 8.42 Å². The topological polar surface area (TPSA) is 66.5 Å². The van der Waals surface area contributed by atoms with Gasteiger partial charge in [-0.2, -0.15) is 0 Å². The molecule has 150 valence electrons. The van der Waals surface area contributed by atoms with E-state index >= 15 is 0 Å². The Kier molecular flexibility index (Phi) is 6.86. The summed E-state index contributed by atoms with van der Waals surface area (Å²) < 4.78 is 28.0. The predicted octanol–water partition coefficient (Wildman–Crippen LogP) is 4.95. The number of carbonyl (C=O) groups excluding carboxylic acids is 1. The summed E-state index contributed by atoms with van der Waals surface area (Å²) in [7, 11) is -3.82. The van der Waals surface area contributed by atoms with Crippen molar-refractivity contribution in [3.63, 3.8) is 0 Å². The Hall–Kier alpha value is -1.76. The average Bonchev–Trinajstić information content (AvgIpc) is 2.94. The summed E-state index contributed by atoms with van der Waals surface area (Å²) in [4.78, 5) is 14.8. The van der Waals surface area contributed by atoms with Crippen LogP contribution >= 0.6 is 23.2 Å². The van der Waals surface area contributed by atoms with Gasteiger partial charge in [0.05, 0.1) is 17.0 Å². The molecule has 2 aromatic rings. The van der Waals surface area contributed by atoms with Gasteiger partial charge in [0.1, 0.15) is 0 Å². The molecular weight excluding hydrogens is 419 g/mol. The second kappa shape index (κ2) is 9.16. The molecule has 0 spiro atoms. The van der Waals surface area contributed by atoms with Crippen LogP contribution < -0.4 is 4.72 Å². The molecule has 1 aliphatic heterocycles. The number of nitrogens with one attached hydrogen (secondary N) is 1. The van der Waals surface area contributed by atoms with Crippen molar-refractivity contribution < 1.29 is 13.2 Å². The van der Waals surface area contributed by atoms with Crippen LogP contribution in [-0.2, 0) is 15.8 Å². The van der Waals surface area contributed by atoms with Crippen molar-refractivity contribution in [2.75, 3.05) is 17.8 Å². The summed E-state index contributed by atoms with van der Waals surface area (Å²) >= 11 is 12.2. The third-order valence-corrected chi connectivity index (χ3v) is 6.62. The minimum atomic E-state index is -3.82. The number of anilines is 1. The Labute approximate surface area is 175 Å². The minimum Gasteiger partial charge on any atom is -0.339 e. The number of nitrogens with zero attached hydrogens (tertiary/aromatic N) is 1. The van der Waals surface area contributed by atoms with Crippen molar-refractivity contribution in [3.05, 3.63) is 63.6 Å². The molecule has 0 radical (unpaired) electrons. The van der Waals surface area contributed by atoms with Gasteiger partial charge in [-0.05, 0) is 37.1 Å². The Morgan fingerprint density at radius 3 is 2.18 bits per heavy atom. The van der Waals surface area contributed by atoms with Gasteiger partial charge >= 0.3 is 0 Å². The molecule has 0 unspecified atom stereocenters. The lowest BCUT2D eigenvalue weighted by Crippen LogP contribution is -2.32. The third-order valence-electron chi connectivity index (χ3n) is 4.71. The Morgan fingerprint density at radius 2 is 1.54 bits per heavy atom. The van der Waals surface area contributed by atoms with E-state index in [2.05, 4.69) is 4.72 Å². The number of para-hydroxylation sites is 1. The molecule has 1 aliphatic rings. The number of hydrogen-bond donors (Lipinski definition) is 1. The van der Waals surface area contributed by atoms with Crippen LogP contribution in [0.2, 0.25) is 10.0 Å². The SMILES string of the molecule is O=C(c1ccccc1NS(=O)(=O)Cc1c(Cl)cccc1Cl)N1CCCCCC1. The molecule has 0 atom stereocenters. The number of benzene rings is 2. The number of halogens is 2. The van der Waals surface area contributed by atoms with Crippen LogP contribution in [0.4, 0.5) is 5.69 Å². The van der Waals surface area contributed by atoms with Gasteiger partial charge in [-0.1, -0.05) is 54.2 Å². The fourth-order valence-corrected chi connectivity index (χ4v) is 5.23. The molecule has 1 heterocycles. The van der Waals surface area contributed by atoms with Crippen LogP contribution in [0, 0.1) is 0 Å². The smallest absolute Gasteiger partial charge is 0.255 e. The first-order valence-electron chi connectivity index (χ1n) is 9.19. The van der Waals surface area contributed by atoms with E-state index in [4.69, 9.17) is 23.2 Å². The largest absolute Gasteiger partial charge is 0.339 e. The zero-order chi connectivity index (χ0) is 20.1. The molecule has 2 aromatic carbocycles. The number of hydrogen-bond acceptors (Lipinski definition) is 3. The van der Waals surface area contributed by atoms with Crippen LogP contribution in [0.5, 0.6) is 0 Å². The van der Waals surface area contributed by atoms with Gasteiger partial charge in [0.15, 0.2) is 0 Å². The van der Waals surface area contributed by atoms with Crippen molar-refractivity contribution in [2.24, 2.45) is 0 Å². The highest BCUT2D eigenvalue weighted by molar-refractivity contribution is 7.91. The third kappa shape index (κ3) is 5.19. The van der Waals surface area contributed by atoms with Crippen molar-refractivity contribution >= 4 is 44.8 Å². The first-order chi connectivity index (χ1) is 13.4. The quantitative estimate of drug-likeness (QED) is 0.714. The predicted molar refractivity (Wildman–Crippen MR) is 114 cm³/mol. The van der Waals surface area contributed by atoms with Gasteiger partial charge in [-0.15, -0.1) is 0 Å². The highest BCUT2D eigenvalue weighted by Gasteiger charge is 2.23. The van der Waals surface area contributed by atoms with Crippen LogP contribution in [0.15, 0.2) is 42.5 Å². The van der Waals surface area contributed by atoms with E-state index in [1.807, 2.05) is 0 Å². The van der Waals surface area contributed by atoms with E-state index in [1.165, 1.54) is 0 Å². The van der Waals surface area contributed by atoms with E-state index in [1.54, 1.807) is 47.4 Å². The van der Waals surface area contributed by atoms with E-state index < -0.39 is 10.0 Å². The highest BCUT2D eigenvalue weighted by atomic mass is 35.5. The minimum absolute atomic E-state index is 0.157. The normalized spacial score (nSPS) is 15.1. The molecule has 0 bridgehead atoms. The fourth-order valence-electron chi connectivity index (χ4n) is 3.27. The van der Waals surface area contributed by atoms with E-state index in [0.29, 0.717) is 24.2 Å². The molecule has 1 fully saturated rings. The number of amides is 1. The van der Waals surface area contributed by atoms with Crippen LogP contribution in [-0.4, -0.2) is 32.3 Å². The van der Waals surface area contributed by atoms with Crippen molar-refractivity contribution in [2.45, 2.75) is 31.4 Å². The molecule has 28 heavy (non-hydrogen) atoms. The van der Waals surface area contributed by atoms with Crippen LogP contribution in [0.1, 0.15) is 41.6 Å². The number of sulfonamides is 1. The van der Waals surface area contributed by atoms with Gasteiger partial charge in [0.25, 0.3) is 5.91 Å². The Bertz CT molecular complexity index is 935. The number of likely N-dealkylation sites (tertiary alicyclic amines) is 1. The summed E-state index contributed by atoms with van der Waals surface area (Å²) in [6.07, 6.45) is 4.14. The van der Waals surface area contributed by atoms with Crippen LogP contribution in [0.3, 0.4) is 0 Å². The molecule has 1 N–H and O–H groups in total. The van der Waals surface area contributed by atoms with Gasteiger partial charge in [0, 0.05) is 28.7 Å². The summed E-state index contributed by atoms with van der Waals surface area (Å²) in [6, 6.07) is 11.5. The lowest BCUT2D eigenvalue weighted by Gasteiger charge is -2.22. The zero-order valence-electron chi connectivity index (χ0n) is 15.3. The summed E-state index contributed by atoms with van der Waals surface area (Å²) in [5.41, 5.74) is 0.938. The van der Waals surface area contributed by atoms with E-state index in [9.17, 15) is 13.2 Å². The van der Waals surface area contributed by atoms with Crippen molar-refractivity contribution in [3.8, 4) is 0 Å². The van der Waals surface area contributed by atoms with Crippen molar-refractivity contribution in [1.82, 2.24) is 4.90 Å². The summed E-state index contributed by atoms with van der Waals surface area (Å²) in [5.74, 6) is -0.534. The molecule has 3 rings (SSSR count). The molecule has 0 saturated carbocycles. The summed E-state index contributed by atoms with van der Waals surface area (Å²) in [6.45, 7) is 1.38. The monoisotopic (exact) mass is 440 g/mol. The first-order valence-corrected chi connectivity index (χ1v) is 11.6.